The predicted molar refractivity (Wildman–Crippen MR) is 73.4 cm³/mol. The molecule has 0 atom stereocenters. The number of hydrogen-bond donors (Lipinski definition) is 1. The van der Waals surface area contributed by atoms with E-state index in [9.17, 15) is 9.59 Å². The molecule has 0 aliphatic carbocycles. The molecule has 1 amide bonds. The number of anilines is 1. The molecule has 0 unspecified atom stereocenters. The first-order valence-electron chi connectivity index (χ1n) is 5.68. The normalized spacial score (nSPS) is 10.3. The Morgan fingerprint density at radius 3 is 2.72 bits per heavy atom. The van der Waals surface area contributed by atoms with Crippen molar-refractivity contribution in [1.82, 2.24) is 4.57 Å². The van der Waals surface area contributed by atoms with Crippen LogP contribution >= 0.6 is 11.3 Å². The van der Waals surface area contributed by atoms with Crippen molar-refractivity contribution in [2.45, 2.75) is 20.4 Å². The quantitative estimate of drug-likeness (QED) is 0.924. The van der Waals surface area contributed by atoms with Gasteiger partial charge < -0.3 is 9.88 Å². The fourth-order valence-electron chi connectivity index (χ4n) is 1.60. The fraction of sp³-hybridized carbons (Fsp3) is 0.231. The molecule has 0 radical (unpaired) electrons. The number of pyridine rings is 1. The number of carbonyl (C=O) groups is 1. The molecule has 0 aliphatic rings. The molecule has 5 heteroatoms. The van der Waals surface area contributed by atoms with Gasteiger partial charge in [-0.3, -0.25) is 9.59 Å². The summed E-state index contributed by atoms with van der Waals surface area (Å²) in [6.07, 6.45) is 1.65. The van der Waals surface area contributed by atoms with Crippen LogP contribution < -0.4 is 10.9 Å². The monoisotopic (exact) mass is 262 g/mol. The Morgan fingerprint density at radius 1 is 1.33 bits per heavy atom. The number of aromatic nitrogens is 1. The van der Waals surface area contributed by atoms with Gasteiger partial charge in [0, 0.05) is 23.7 Å². The summed E-state index contributed by atoms with van der Waals surface area (Å²) in [6.45, 7) is 4.43. The van der Waals surface area contributed by atoms with Gasteiger partial charge in [0.05, 0.1) is 10.6 Å². The first-order chi connectivity index (χ1) is 8.60. The van der Waals surface area contributed by atoms with Gasteiger partial charge in [-0.25, -0.2) is 0 Å². The van der Waals surface area contributed by atoms with Crippen molar-refractivity contribution in [3.63, 3.8) is 0 Å². The number of carbonyl (C=O) groups excluding carboxylic acids is 1. The first-order valence-corrected chi connectivity index (χ1v) is 6.50. The smallest absolute Gasteiger partial charge is 0.265 e. The van der Waals surface area contributed by atoms with Gasteiger partial charge in [-0.05, 0) is 32.0 Å². The van der Waals surface area contributed by atoms with E-state index in [0.717, 1.165) is 4.88 Å². The molecule has 2 aromatic heterocycles. The molecule has 0 aliphatic heterocycles. The molecule has 2 heterocycles. The average Bonchev–Trinajstić information content (AvgIpc) is 2.78. The molecule has 0 spiro atoms. The lowest BCUT2D eigenvalue weighted by atomic mass is 10.3. The molecule has 0 saturated carbocycles. The maximum Gasteiger partial charge on any atom is 0.265 e. The molecule has 0 fully saturated rings. The zero-order valence-electron chi connectivity index (χ0n) is 10.3. The lowest BCUT2D eigenvalue weighted by molar-refractivity contribution is 0.103. The van der Waals surface area contributed by atoms with Crippen LogP contribution in [0, 0.1) is 6.92 Å². The summed E-state index contributed by atoms with van der Waals surface area (Å²) < 4.78 is 1.55. The molecule has 1 N–H and O–H groups in total. The largest absolute Gasteiger partial charge is 0.320 e. The minimum atomic E-state index is -0.144. The molecule has 0 saturated heterocycles. The topological polar surface area (TPSA) is 51.1 Å². The van der Waals surface area contributed by atoms with Gasteiger partial charge in [0.25, 0.3) is 11.5 Å². The lowest BCUT2D eigenvalue weighted by Crippen LogP contribution is -2.19. The van der Waals surface area contributed by atoms with Crippen molar-refractivity contribution < 1.29 is 4.79 Å². The molecule has 94 valence electrons. The Labute approximate surface area is 109 Å². The number of thiophene rings is 1. The molecule has 2 rings (SSSR count). The fourth-order valence-corrected chi connectivity index (χ4v) is 2.36. The summed E-state index contributed by atoms with van der Waals surface area (Å²) >= 11 is 1.45. The van der Waals surface area contributed by atoms with E-state index in [1.807, 2.05) is 19.9 Å². The SMILES string of the molecule is CCn1cc(NC(=O)c2ccc(C)s2)ccc1=O. The number of amides is 1. The van der Waals surface area contributed by atoms with Crippen LogP contribution in [0.2, 0.25) is 0 Å². The van der Waals surface area contributed by atoms with Gasteiger partial charge in [-0.2, -0.15) is 0 Å². The number of aryl methyl sites for hydroxylation is 2. The van der Waals surface area contributed by atoms with E-state index in [1.165, 1.54) is 17.4 Å². The molecular weight excluding hydrogens is 248 g/mol. The summed E-state index contributed by atoms with van der Waals surface area (Å²) in [4.78, 5) is 25.1. The second kappa shape index (κ2) is 5.18. The van der Waals surface area contributed by atoms with Gasteiger partial charge in [-0.15, -0.1) is 11.3 Å². The zero-order valence-corrected chi connectivity index (χ0v) is 11.1. The minimum absolute atomic E-state index is 0.0672. The lowest BCUT2D eigenvalue weighted by Gasteiger charge is -2.06. The van der Waals surface area contributed by atoms with Crippen LogP contribution in [0.1, 0.15) is 21.5 Å². The Morgan fingerprint density at radius 2 is 2.11 bits per heavy atom. The second-order valence-corrected chi connectivity index (χ2v) is 5.19. The molecule has 0 aromatic carbocycles. The number of nitrogens with one attached hydrogen (secondary N) is 1. The van der Waals surface area contributed by atoms with Crippen LogP contribution in [0.25, 0.3) is 0 Å². The highest BCUT2D eigenvalue weighted by atomic mass is 32.1. The summed E-state index contributed by atoms with van der Waals surface area (Å²) in [6, 6.07) is 6.78. The molecule has 4 nitrogen and oxygen atoms in total. The number of nitrogens with zero attached hydrogens (tertiary/aromatic N) is 1. The summed E-state index contributed by atoms with van der Waals surface area (Å²) in [5.41, 5.74) is 0.565. The van der Waals surface area contributed by atoms with Crippen molar-refractivity contribution in [2.75, 3.05) is 5.32 Å². The standard InChI is InChI=1S/C13H14N2O2S/c1-3-15-8-10(5-7-12(15)16)14-13(17)11-6-4-9(2)18-11/h4-8H,3H2,1-2H3,(H,14,17). The summed E-state index contributed by atoms with van der Waals surface area (Å²) in [5.74, 6) is -0.144. The Kier molecular flexibility index (Phi) is 3.62. The molecular formula is C13H14N2O2S. The third kappa shape index (κ3) is 2.68. The van der Waals surface area contributed by atoms with E-state index >= 15 is 0 Å². The predicted octanol–water partition coefficient (Wildman–Crippen LogP) is 2.49. The third-order valence-corrected chi connectivity index (χ3v) is 3.55. The van der Waals surface area contributed by atoms with Crippen molar-refractivity contribution in [2.24, 2.45) is 0 Å². The van der Waals surface area contributed by atoms with Crippen molar-refractivity contribution in [3.05, 3.63) is 50.6 Å². The summed E-state index contributed by atoms with van der Waals surface area (Å²) in [7, 11) is 0. The maximum absolute atomic E-state index is 11.9. The zero-order chi connectivity index (χ0) is 13.1. The average molecular weight is 262 g/mol. The van der Waals surface area contributed by atoms with E-state index in [4.69, 9.17) is 0 Å². The van der Waals surface area contributed by atoms with Crippen molar-refractivity contribution in [3.8, 4) is 0 Å². The van der Waals surface area contributed by atoms with Gasteiger partial charge in [-0.1, -0.05) is 0 Å². The van der Waals surface area contributed by atoms with Crippen LogP contribution in [-0.2, 0) is 6.54 Å². The van der Waals surface area contributed by atoms with E-state index in [-0.39, 0.29) is 11.5 Å². The van der Waals surface area contributed by atoms with Gasteiger partial charge >= 0.3 is 0 Å². The van der Waals surface area contributed by atoms with Crippen molar-refractivity contribution in [1.29, 1.82) is 0 Å². The number of rotatable bonds is 3. The third-order valence-electron chi connectivity index (χ3n) is 2.55. The summed E-state index contributed by atoms with van der Waals surface area (Å²) in [5, 5.41) is 2.79. The van der Waals surface area contributed by atoms with E-state index in [1.54, 1.807) is 22.9 Å². The van der Waals surface area contributed by atoms with Crippen molar-refractivity contribution >= 4 is 22.9 Å². The van der Waals surface area contributed by atoms with Crippen LogP contribution in [0.5, 0.6) is 0 Å². The Hall–Kier alpha value is -1.88. The minimum Gasteiger partial charge on any atom is -0.320 e. The highest BCUT2D eigenvalue weighted by molar-refractivity contribution is 7.14. The Balaban J connectivity index is 2.19. The molecule has 18 heavy (non-hydrogen) atoms. The number of hydrogen-bond acceptors (Lipinski definition) is 3. The Bertz CT molecular complexity index is 628. The van der Waals surface area contributed by atoms with E-state index in [2.05, 4.69) is 5.32 Å². The van der Waals surface area contributed by atoms with Crippen LogP contribution in [-0.4, -0.2) is 10.5 Å². The van der Waals surface area contributed by atoms with Gasteiger partial charge in [0.2, 0.25) is 0 Å². The van der Waals surface area contributed by atoms with Crippen LogP contribution in [0.15, 0.2) is 35.3 Å². The maximum atomic E-state index is 11.9. The van der Waals surface area contributed by atoms with E-state index < -0.39 is 0 Å². The molecule has 0 bridgehead atoms. The highest BCUT2D eigenvalue weighted by Gasteiger charge is 2.08. The first kappa shape index (κ1) is 12.6. The van der Waals surface area contributed by atoms with Crippen LogP contribution in [0.3, 0.4) is 0 Å². The van der Waals surface area contributed by atoms with Gasteiger partial charge in [0.1, 0.15) is 0 Å². The molecule has 2 aromatic rings. The van der Waals surface area contributed by atoms with Crippen LogP contribution in [0.4, 0.5) is 5.69 Å². The highest BCUT2D eigenvalue weighted by Crippen LogP contribution is 2.16. The second-order valence-electron chi connectivity index (χ2n) is 3.91. The van der Waals surface area contributed by atoms with E-state index in [0.29, 0.717) is 17.1 Å². The van der Waals surface area contributed by atoms with Gasteiger partial charge in [0.15, 0.2) is 0 Å².